The van der Waals surface area contributed by atoms with Crippen molar-refractivity contribution < 1.29 is 28.2 Å². The number of carboxylic acid groups (broad SMARTS) is 1. The van der Waals surface area contributed by atoms with Gasteiger partial charge in [-0.25, -0.2) is 13.8 Å². The number of nitrogens with zero attached hydrogens (tertiary/aromatic N) is 1. The van der Waals surface area contributed by atoms with Crippen LogP contribution in [-0.4, -0.2) is 23.2 Å². The van der Waals surface area contributed by atoms with E-state index < -0.39 is 23.0 Å². The molecule has 0 radical (unpaired) electrons. The van der Waals surface area contributed by atoms with Crippen molar-refractivity contribution in [2.24, 2.45) is 5.41 Å². The first-order chi connectivity index (χ1) is 18.5. The maximum Gasteiger partial charge on any atom is 0.304 e. The van der Waals surface area contributed by atoms with Crippen LogP contribution in [0, 0.1) is 17.0 Å². The van der Waals surface area contributed by atoms with Crippen LogP contribution in [0.4, 0.5) is 8.78 Å². The quantitative estimate of drug-likeness (QED) is 0.322. The van der Waals surface area contributed by atoms with E-state index in [9.17, 15) is 9.90 Å². The monoisotopic (exact) mass is 535 g/mol. The van der Waals surface area contributed by atoms with Gasteiger partial charge in [-0.15, -0.1) is 0 Å². The third kappa shape index (κ3) is 5.23. The molecule has 0 spiro atoms. The molecule has 5 nitrogen and oxygen atoms in total. The van der Waals surface area contributed by atoms with Crippen molar-refractivity contribution in [3.63, 3.8) is 0 Å². The third-order valence-electron chi connectivity index (χ3n) is 8.79. The topological polar surface area (TPSA) is 68.7 Å². The number of hydrogen-bond donors (Lipinski definition) is 1. The number of ether oxygens (including phenoxy) is 2. The van der Waals surface area contributed by atoms with Crippen LogP contribution in [0.2, 0.25) is 0 Å². The summed E-state index contributed by atoms with van der Waals surface area (Å²) in [7, 11) is 1.47. The zero-order chi connectivity index (χ0) is 27.9. The number of carboxylic acids is 1. The summed E-state index contributed by atoms with van der Waals surface area (Å²) in [4.78, 5) is 15.4. The Balaban J connectivity index is 1.50. The van der Waals surface area contributed by atoms with Gasteiger partial charge in [-0.3, -0.25) is 4.79 Å². The van der Waals surface area contributed by atoms with E-state index in [1.165, 1.54) is 19.2 Å². The maximum absolute atomic E-state index is 15.6. The van der Waals surface area contributed by atoms with Gasteiger partial charge in [0.25, 0.3) is 0 Å². The second-order valence-corrected chi connectivity index (χ2v) is 11.9. The number of fused-ring (bicyclic) bond motifs is 1. The first-order valence-electron chi connectivity index (χ1n) is 13.5. The fourth-order valence-electron chi connectivity index (χ4n) is 6.56. The number of aromatic nitrogens is 1. The molecule has 3 aromatic rings. The van der Waals surface area contributed by atoms with Crippen LogP contribution in [0.3, 0.4) is 0 Å². The highest BCUT2D eigenvalue weighted by Gasteiger charge is 2.38. The third-order valence-corrected chi connectivity index (χ3v) is 8.79. The summed E-state index contributed by atoms with van der Waals surface area (Å²) in [6.45, 7) is 6.38. The molecular weight excluding hydrogens is 500 g/mol. The molecule has 1 N–H and O–H groups in total. The lowest BCUT2D eigenvalue weighted by Gasteiger charge is -2.30. The van der Waals surface area contributed by atoms with Gasteiger partial charge in [-0.1, -0.05) is 33.3 Å². The Morgan fingerprint density at radius 1 is 1.08 bits per heavy atom. The molecule has 0 bridgehead atoms. The molecule has 2 aromatic carbocycles. The first kappa shape index (κ1) is 27.1. The van der Waals surface area contributed by atoms with Crippen LogP contribution in [0.1, 0.15) is 81.0 Å². The lowest BCUT2D eigenvalue weighted by molar-refractivity contribution is -0.138. The highest BCUT2D eigenvalue weighted by Crippen LogP contribution is 2.52. The molecule has 1 saturated carbocycles. The first-order valence-corrected chi connectivity index (χ1v) is 13.5. The van der Waals surface area contributed by atoms with Gasteiger partial charge in [0.1, 0.15) is 24.0 Å². The van der Waals surface area contributed by atoms with Crippen molar-refractivity contribution >= 4 is 5.97 Å². The van der Waals surface area contributed by atoms with E-state index in [0.29, 0.717) is 16.9 Å². The number of methoxy groups -OCH3 is 1. The van der Waals surface area contributed by atoms with Crippen LogP contribution >= 0.6 is 0 Å². The molecule has 0 unspecified atom stereocenters. The molecule has 2 aliphatic carbocycles. The summed E-state index contributed by atoms with van der Waals surface area (Å²) in [5, 5.41) is 9.41. The van der Waals surface area contributed by atoms with Gasteiger partial charge in [0.05, 0.1) is 19.7 Å². The Morgan fingerprint density at radius 2 is 1.87 bits per heavy atom. The largest absolute Gasteiger partial charge is 0.489 e. The number of hydrogen-bond acceptors (Lipinski definition) is 4. The van der Waals surface area contributed by atoms with E-state index in [-0.39, 0.29) is 35.8 Å². The van der Waals surface area contributed by atoms with Crippen LogP contribution in [0.15, 0.2) is 42.6 Å². The van der Waals surface area contributed by atoms with Crippen molar-refractivity contribution in [1.29, 1.82) is 0 Å². The second-order valence-electron chi connectivity index (χ2n) is 11.9. The van der Waals surface area contributed by atoms with Crippen molar-refractivity contribution in [1.82, 2.24) is 4.98 Å². The molecule has 1 heterocycles. The van der Waals surface area contributed by atoms with Crippen LogP contribution < -0.4 is 9.47 Å². The highest BCUT2D eigenvalue weighted by molar-refractivity contribution is 5.71. The molecule has 0 amide bonds. The lowest BCUT2D eigenvalue weighted by Crippen LogP contribution is -2.22. The number of halogens is 2. The number of pyridine rings is 1. The Hall–Kier alpha value is -3.48. The minimum Gasteiger partial charge on any atom is -0.489 e. The molecule has 7 heteroatoms. The number of rotatable bonds is 8. The molecule has 1 aromatic heterocycles. The predicted molar refractivity (Wildman–Crippen MR) is 145 cm³/mol. The van der Waals surface area contributed by atoms with Crippen molar-refractivity contribution in [2.45, 2.75) is 77.2 Å². The maximum atomic E-state index is 15.6. The summed E-state index contributed by atoms with van der Waals surface area (Å²) in [5.74, 6) is -0.868. The Morgan fingerprint density at radius 3 is 2.56 bits per heavy atom. The van der Waals surface area contributed by atoms with Gasteiger partial charge in [-0.05, 0) is 83.5 Å². The molecule has 39 heavy (non-hydrogen) atoms. The predicted octanol–water partition coefficient (Wildman–Crippen LogP) is 7.59. The summed E-state index contributed by atoms with van der Waals surface area (Å²) in [6.07, 6.45) is 5.77. The van der Waals surface area contributed by atoms with Gasteiger partial charge < -0.3 is 14.6 Å². The number of aliphatic carboxylic acids is 1. The van der Waals surface area contributed by atoms with Crippen LogP contribution in [0.25, 0.3) is 11.1 Å². The minimum absolute atomic E-state index is 0.00282. The van der Waals surface area contributed by atoms with Gasteiger partial charge >= 0.3 is 5.97 Å². The van der Waals surface area contributed by atoms with Crippen molar-refractivity contribution in [2.75, 3.05) is 7.11 Å². The van der Waals surface area contributed by atoms with E-state index in [1.54, 1.807) is 0 Å². The summed E-state index contributed by atoms with van der Waals surface area (Å²) in [6, 6.07) is 10.5. The van der Waals surface area contributed by atoms with Crippen molar-refractivity contribution in [3.8, 4) is 22.8 Å². The van der Waals surface area contributed by atoms with E-state index in [1.807, 2.05) is 31.2 Å². The summed E-state index contributed by atoms with van der Waals surface area (Å²) < 4.78 is 41.9. The number of carbonyl (C=O) groups is 1. The van der Waals surface area contributed by atoms with E-state index in [0.717, 1.165) is 55.0 Å². The Bertz CT molecular complexity index is 1420. The fraction of sp³-hybridized carbons (Fsp3) is 0.438. The molecule has 2 aliphatic rings. The Kier molecular flexibility index (Phi) is 7.12. The minimum atomic E-state index is -0.829. The van der Waals surface area contributed by atoms with E-state index >= 15 is 8.78 Å². The van der Waals surface area contributed by atoms with Crippen molar-refractivity contribution in [3.05, 3.63) is 76.5 Å². The normalized spacial score (nSPS) is 21.5. The lowest BCUT2D eigenvalue weighted by atomic mass is 9.75. The molecule has 2 atom stereocenters. The standard InChI is InChI=1S/C32H35F2NO4/c1-31(2)10-5-6-25(31)23-12-20(27(33)14-22(23)24-15-29(38-4)35-17-28(24)34)18-39-21-8-7-19-9-11-32(3,16-30(36)37)26(19)13-21/h7-8,12-15,17,25H,5-6,9-11,16,18H2,1-4H3,(H,36,37)/t25-,32-/m0/s1. The molecular formula is C32H35F2NO4. The summed E-state index contributed by atoms with van der Waals surface area (Å²) >= 11 is 0. The van der Waals surface area contributed by atoms with E-state index in [4.69, 9.17) is 9.47 Å². The number of aryl methyl sites for hydroxylation is 1. The zero-order valence-electron chi connectivity index (χ0n) is 22.9. The SMILES string of the molecule is COc1cc(-c2cc(F)c(COc3ccc4c(c3)[C@](C)(CC(=O)O)CC4)cc2[C@@H]2CCCC2(C)C)c(F)cn1. The van der Waals surface area contributed by atoms with Gasteiger partial charge in [0.2, 0.25) is 5.88 Å². The fourth-order valence-corrected chi connectivity index (χ4v) is 6.56. The van der Waals surface area contributed by atoms with E-state index in [2.05, 4.69) is 18.8 Å². The molecule has 5 rings (SSSR count). The number of benzene rings is 2. The van der Waals surface area contributed by atoms with Gasteiger partial charge in [-0.2, -0.15) is 0 Å². The zero-order valence-corrected chi connectivity index (χ0v) is 22.9. The second kappa shape index (κ2) is 10.2. The molecule has 0 aliphatic heterocycles. The van der Waals surface area contributed by atoms with Gasteiger partial charge in [0, 0.05) is 22.6 Å². The molecule has 0 saturated heterocycles. The average Bonchev–Trinajstić information content (AvgIpc) is 3.41. The van der Waals surface area contributed by atoms with Crippen LogP contribution in [0.5, 0.6) is 11.6 Å². The summed E-state index contributed by atoms with van der Waals surface area (Å²) in [5.41, 5.74) is 3.70. The average molecular weight is 536 g/mol. The Labute approximate surface area is 228 Å². The molecule has 206 valence electrons. The smallest absolute Gasteiger partial charge is 0.304 e. The van der Waals surface area contributed by atoms with Gasteiger partial charge in [0.15, 0.2) is 0 Å². The van der Waals surface area contributed by atoms with Crippen LogP contribution in [-0.2, 0) is 23.2 Å². The molecule has 1 fully saturated rings. The highest BCUT2D eigenvalue weighted by atomic mass is 19.1.